The number of carboxylic acid groups (broad SMARTS) is 2. The van der Waals surface area contributed by atoms with Crippen molar-refractivity contribution in [2.75, 3.05) is 19.8 Å². The van der Waals surface area contributed by atoms with Crippen molar-refractivity contribution >= 4 is 18.8 Å². The average Bonchev–Trinajstić information content (AvgIpc) is 2.94. The van der Waals surface area contributed by atoms with Gasteiger partial charge in [0, 0.05) is 6.07 Å². The molecule has 0 bridgehead atoms. The summed E-state index contributed by atoms with van der Waals surface area (Å²) in [7, 11) is 0. The summed E-state index contributed by atoms with van der Waals surface area (Å²) in [4.78, 5) is 9.39. The van der Waals surface area contributed by atoms with Gasteiger partial charge in [0.1, 0.15) is 0 Å². The largest absolute Gasteiger partial charge is 0.565 e. The molecule has 1 aromatic carbocycles. The number of hydrogen-bond acceptors (Lipinski definition) is 5. The Labute approximate surface area is 257 Å². The maximum Gasteiger partial charge on any atom is 0.249 e. The van der Waals surface area contributed by atoms with Crippen LogP contribution in [0.3, 0.4) is 0 Å². The summed E-state index contributed by atoms with van der Waals surface area (Å²) in [6, 6.07) is 4.07. The van der Waals surface area contributed by atoms with Gasteiger partial charge >= 0.3 is 0 Å². The van der Waals surface area contributed by atoms with Gasteiger partial charge in [-0.05, 0) is 38.0 Å². The zero-order chi connectivity index (χ0) is 30.4. The maximum absolute atomic E-state index is 8.44. The highest BCUT2D eigenvalue weighted by Crippen LogP contribution is 2.41. The van der Waals surface area contributed by atoms with E-state index in [-0.39, 0.29) is 0 Å². The Morgan fingerprint density at radius 1 is 0.585 bits per heavy atom. The first-order chi connectivity index (χ1) is 20.0. The van der Waals surface area contributed by atoms with E-state index in [2.05, 4.69) is 33.4 Å². The molecular weight excluding hydrogens is 536 g/mol. The quantitative estimate of drug-likeness (QED) is 0.0802. The zero-order valence-electron chi connectivity index (χ0n) is 26.6. The van der Waals surface area contributed by atoms with E-state index in [1.807, 2.05) is 12.1 Å². The van der Waals surface area contributed by atoms with Gasteiger partial charge in [0.15, 0.2) is 10.6 Å². The van der Waals surface area contributed by atoms with E-state index in [0.29, 0.717) is 6.61 Å². The number of ether oxygens (including phenoxy) is 3. The Bertz CT molecular complexity index is 723. The molecule has 1 N–H and O–H groups in total. The van der Waals surface area contributed by atoms with E-state index >= 15 is 0 Å². The molecule has 0 atom stereocenters. The molecular formula is C34H62O6S. The minimum absolute atomic E-state index is 0.713. The molecule has 240 valence electrons. The topological polar surface area (TPSA) is 88.1 Å². The first-order valence-electron chi connectivity index (χ1n) is 16.6. The third-order valence-corrected chi connectivity index (χ3v) is 7.46. The molecule has 0 radical (unpaired) electrons. The van der Waals surface area contributed by atoms with Gasteiger partial charge in [-0.1, -0.05) is 136 Å². The Balaban J connectivity index is 0.00000373. The molecule has 0 aliphatic heterocycles. The normalized spacial score (nSPS) is 10.6. The van der Waals surface area contributed by atoms with Crippen molar-refractivity contribution in [3.8, 4) is 17.2 Å². The van der Waals surface area contributed by atoms with Crippen LogP contribution in [-0.2, 0) is 12.6 Å². The first-order valence-corrected chi connectivity index (χ1v) is 17.1. The summed E-state index contributed by atoms with van der Waals surface area (Å²) in [5.41, 5.74) is 0. The highest BCUT2D eigenvalue weighted by atomic mass is 32.1. The van der Waals surface area contributed by atoms with Gasteiger partial charge in [-0.2, -0.15) is 0 Å². The number of benzene rings is 1. The Morgan fingerprint density at radius 2 is 0.902 bits per heavy atom. The summed E-state index contributed by atoms with van der Waals surface area (Å²) in [6.07, 6.45) is 24.8. The molecule has 6 nitrogen and oxygen atoms in total. The predicted octanol–water partition coefficient (Wildman–Crippen LogP) is 9.33. The van der Waals surface area contributed by atoms with E-state index in [1.165, 1.54) is 116 Å². The fourth-order valence-corrected chi connectivity index (χ4v) is 4.92. The second-order valence-corrected chi connectivity index (χ2v) is 11.5. The molecule has 0 aliphatic rings. The molecule has 0 spiro atoms. The van der Waals surface area contributed by atoms with Crippen LogP contribution < -0.4 is 19.3 Å². The third kappa shape index (κ3) is 24.5. The van der Waals surface area contributed by atoms with Gasteiger partial charge in [-0.15, -0.1) is 0 Å². The van der Waals surface area contributed by atoms with Crippen molar-refractivity contribution in [3.05, 3.63) is 12.1 Å². The molecule has 0 unspecified atom stereocenters. The summed E-state index contributed by atoms with van der Waals surface area (Å²) in [6.45, 7) is 8.98. The van der Waals surface area contributed by atoms with Crippen LogP contribution >= 0.6 is 0 Å². The fraction of sp³-hybridized carbons (Fsp3) is 0.794. The van der Waals surface area contributed by atoms with Crippen LogP contribution in [0.15, 0.2) is 17.0 Å². The molecule has 0 amide bonds. The monoisotopic (exact) mass is 598 g/mol. The summed E-state index contributed by atoms with van der Waals surface area (Å²) >= 11 is 3.77. The van der Waals surface area contributed by atoms with Crippen molar-refractivity contribution in [1.82, 2.24) is 0 Å². The van der Waals surface area contributed by atoms with Crippen LogP contribution in [0.4, 0.5) is 4.79 Å². The van der Waals surface area contributed by atoms with Gasteiger partial charge in [0.25, 0.3) is 0 Å². The minimum atomic E-state index is -2.08. The summed E-state index contributed by atoms with van der Waals surface area (Å²) in [5, 5.41) is 15.3. The molecule has 1 rings (SSSR count). The van der Waals surface area contributed by atoms with Crippen molar-refractivity contribution in [2.45, 2.75) is 161 Å². The van der Waals surface area contributed by atoms with E-state index in [4.69, 9.17) is 29.2 Å². The molecule has 7 heteroatoms. The van der Waals surface area contributed by atoms with E-state index in [1.54, 1.807) is 0 Å². The fourth-order valence-electron chi connectivity index (χ4n) is 4.65. The highest BCUT2D eigenvalue weighted by Gasteiger charge is 2.19. The molecule has 41 heavy (non-hydrogen) atoms. The zero-order valence-corrected chi connectivity index (χ0v) is 27.6. The molecule has 0 aliphatic carbocycles. The second-order valence-electron chi connectivity index (χ2n) is 10.9. The van der Waals surface area contributed by atoms with Crippen molar-refractivity contribution in [1.29, 1.82) is 0 Å². The number of rotatable bonds is 27. The average molecular weight is 599 g/mol. The molecule has 0 heterocycles. The molecule has 0 fully saturated rings. The molecule has 0 saturated carbocycles. The maximum atomic E-state index is 8.44. The standard InChI is InChI=1S/C33H60O3S.CH2O3/c1-4-7-10-13-16-19-22-27-34-30-25-26-31(37)33(36-29-24-21-18-15-12-9-6-3)32(30)35-28-23-20-17-14-11-8-5-2;2-1(3)4/h25-26,37H,4-24,27-29H2,1-3H3;(H2,2,3,4). The van der Waals surface area contributed by atoms with E-state index < -0.39 is 6.16 Å². The van der Waals surface area contributed by atoms with Crippen LogP contribution in [0.25, 0.3) is 0 Å². The van der Waals surface area contributed by atoms with Gasteiger partial charge in [-0.25, -0.2) is 0 Å². The SMILES string of the molecule is CCCCCCCCCOc1ccc([SH2+])c(OCCCCCCCCC)c1OCCCCCCCCC.O=C([O-])O. The van der Waals surface area contributed by atoms with Crippen LogP contribution in [0.5, 0.6) is 17.2 Å². The first kappa shape index (κ1) is 39.2. The van der Waals surface area contributed by atoms with Gasteiger partial charge in [-0.3, -0.25) is 0 Å². The predicted molar refractivity (Wildman–Crippen MR) is 173 cm³/mol. The number of hydrogen-bond donors (Lipinski definition) is 1. The molecule has 1 aromatic rings. The third-order valence-electron chi connectivity index (χ3n) is 7.07. The Morgan fingerprint density at radius 3 is 1.29 bits per heavy atom. The molecule has 0 saturated heterocycles. The lowest BCUT2D eigenvalue weighted by molar-refractivity contribution is -0.275. The van der Waals surface area contributed by atoms with Crippen molar-refractivity contribution in [2.24, 2.45) is 0 Å². The Hall–Kier alpha value is -1.76. The van der Waals surface area contributed by atoms with E-state index in [9.17, 15) is 0 Å². The second kappa shape index (κ2) is 29.7. The van der Waals surface area contributed by atoms with Crippen molar-refractivity contribution < 1.29 is 29.2 Å². The minimum Gasteiger partial charge on any atom is -0.565 e. The van der Waals surface area contributed by atoms with Gasteiger partial charge < -0.3 is 29.2 Å². The lowest BCUT2D eigenvalue weighted by Crippen LogP contribution is -2.17. The van der Waals surface area contributed by atoms with Crippen LogP contribution in [0.1, 0.15) is 156 Å². The number of carbonyl (C=O) groups is 1. The molecule has 0 aromatic heterocycles. The number of unbranched alkanes of at least 4 members (excludes halogenated alkanes) is 18. The summed E-state index contributed by atoms with van der Waals surface area (Å²) < 4.78 is 18.9. The van der Waals surface area contributed by atoms with E-state index in [0.717, 1.165) is 54.6 Å². The lowest BCUT2D eigenvalue weighted by atomic mass is 10.1. The lowest BCUT2D eigenvalue weighted by Gasteiger charge is -2.17. The highest BCUT2D eigenvalue weighted by molar-refractivity contribution is 7.59. The summed E-state index contributed by atoms with van der Waals surface area (Å²) in [5.74, 6) is 2.41. The Kier molecular flexibility index (Phi) is 28.4. The van der Waals surface area contributed by atoms with Crippen molar-refractivity contribution in [3.63, 3.8) is 0 Å². The smallest absolute Gasteiger partial charge is 0.249 e. The van der Waals surface area contributed by atoms with Gasteiger partial charge in [0.2, 0.25) is 17.7 Å². The van der Waals surface area contributed by atoms with Crippen LogP contribution in [-0.4, -0.2) is 31.1 Å². The van der Waals surface area contributed by atoms with Crippen LogP contribution in [0, 0.1) is 0 Å². The van der Waals surface area contributed by atoms with Crippen LogP contribution in [0.2, 0.25) is 0 Å². The van der Waals surface area contributed by atoms with Gasteiger partial charge in [0.05, 0.1) is 19.8 Å².